The van der Waals surface area contributed by atoms with Crippen LogP contribution in [0.3, 0.4) is 0 Å². The average molecular weight is 273 g/mol. The monoisotopic (exact) mass is 273 g/mol. The smallest absolute Gasteiger partial charge is 0.289 e. The van der Waals surface area contributed by atoms with Gasteiger partial charge in [0.2, 0.25) is 0 Å². The van der Waals surface area contributed by atoms with Crippen molar-refractivity contribution in [1.29, 1.82) is 0 Å². The standard InChI is InChI=1S/C16H19NO3/c1-12-5-4-6-14(11-12)19-10-8-17(3)16(18)15-13(2)7-9-20-15/h4-7,9,11H,8,10H2,1-3H3. The second-order valence-electron chi connectivity index (χ2n) is 4.82. The van der Waals surface area contributed by atoms with Gasteiger partial charge in [-0.3, -0.25) is 4.79 Å². The molecule has 2 aromatic rings. The molecule has 0 saturated heterocycles. The van der Waals surface area contributed by atoms with Crippen molar-refractivity contribution in [2.45, 2.75) is 13.8 Å². The van der Waals surface area contributed by atoms with Gasteiger partial charge in [0, 0.05) is 12.6 Å². The first-order chi connectivity index (χ1) is 9.58. The van der Waals surface area contributed by atoms with Crippen LogP contribution in [0.15, 0.2) is 41.0 Å². The number of ether oxygens (including phenoxy) is 1. The summed E-state index contributed by atoms with van der Waals surface area (Å²) in [6, 6.07) is 9.63. The van der Waals surface area contributed by atoms with Gasteiger partial charge in [-0.1, -0.05) is 12.1 Å². The first-order valence-electron chi connectivity index (χ1n) is 6.57. The predicted octanol–water partition coefficient (Wildman–Crippen LogP) is 3.05. The van der Waals surface area contributed by atoms with E-state index in [1.807, 2.05) is 38.1 Å². The number of aryl methyl sites for hydroxylation is 2. The summed E-state index contributed by atoms with van der Waals surface area (Å²) in [5.74, 6) is 1.09. The molecule has 0 aliphatic rings. The van der Waals surface area contributed by atoms with Crippen LogP contribution in [0, 0.1) is 13.8 Å². The largest absolute Gasteiger partial charge is 0.492 e. The van der Waals surface area contributed by atoms with Gasteiger partial charge >= 0.3 is 0 Å². The van der Waals surface area contributed by atoms with E-state index in [2.05, 4.69) is 0 Å². The van der Waals surface area contributed by atoms with E-state index in [-0.39, 0.29) is 5.91 Å². The minimum atomic E-state index is -0.125. The maximum Gasteiger partial charge on any atom is 0.289 e. The highest BCUT2D eigenvalue weighted by Crippen LogP contribution is 2.13. The van der Waals surface area contributed by atoms with Crippen molar-refractivity contribution >= 4 is 5.91 Å². The Hall–Kier alpha value is -2.23. The highest BCUT2D eigenvalue weighted by Gasteiger charge is 2.17. The molecule has 0 atom stereocenters. The number of likely N-dealkylation sites (N-methyl/N-ethyl adjacent to an activating group) is 1. The lowest BCUT2D eigenvalue weighted by atomic mass is 10.2. The number of hydrogen-bond acceptors (Lipinski definition) is 3. The molecule has 0 aliphatic carbocycles. The van der Waals surface area contributed by atoms with Crippen LogP contribution in [-0.4, -0.2) is 31.0 Å². The van der Waals surface area contributed by atoms with Crippen LogP contribution in [0.1, 0.15) is 21.7 Å². The van der Waals surface area contributed by atoms with Crippen LogP contribution >= 0.6 is 0 Å². The molecule has 2 rings (SSSR count). The molecular formula is C16H19NO3. The van der Waals surface area contributed by atoms with Gasteiger partial charge in [-0.15, -0.1) is 0 Å². The van der Waals surface area contributed by atoms with Crippen molar-refractivity contribution in [1.82, 2.24) is 4.90 Å². The first-order valence-corrected chi connectivity index (χ1v) is 6.57. The van der Waals surface area contributed by atoms with Crippen LogP contribution in [0.2, 0.25) is 0 Å². The molecule has 4 nitrogen and oxygen atoms in total. The van der Waals surface area contributed by atoms with Gasteiger partial charge in [0.05, 0.1) is 12.8 Å². The number of hydrogen-bond donors (Lipinski definition) is 0. The van der Waals surface area contributed by atoms with Crippen LogP contribution in [0.5, 0.6) is 5.75 Å². The maximum atomic E-state index is 12.1. The fourth-order valence-electron chi connectivity index (χ4n) is 1.87. The number of benzene rings is 1. The third kappa shape index (κ3) is 3.41. The molecule has 0 radical (unpaired) electrons. The van der Waals surface area contributed by atoms with Crippen molar-refractivity contribution in [2.24, 2.45) is 0 Å². The fourth-order valence-corrected chi connectivity index (χ4v) is 1.87. The van der Waals surface area contributed by atoms with Crippen molar-refractivity contribution in [2.75, 3.05) is 20.2 Å². The zero-order chi connectivity index (χ0) is 14.5. The molecule has 106 valence electrons. The molecule has 0 unspecified atom stereocenters. The van der Waals surface area contributed by atoms with E-state index in [1.165, 1.54) is 6.26 Å². The summed E-state index contributed by atoms with van der Waals surface area (Å²) in [6.07, 6.45) is 1.53. The van der Waals surface area contributed by atoms with E-state index in [0.717, 1.165) is 16.9 Å². The number of carbonyl (C=O) groups excluding carboxylic acids is 1. The molecule has 1 amide bonds. The van der Waals surface area contributed by atoms with E-state index in [0.29, 0.717) is 18.9 Å². The molecular weight excluding hydrogens is 254 g/mol. The van der Waals surface area contributed by atoms with Gasteiger partial charge in [0.25, 0.3) is 5.91 Å². The zero-order valence-electron chi connectivity index (χ0n) is 12.1. The molecule has 4 heteroatoms. The Labute approximate surface area is 119 Å². The molecule has 0 aliphatic heterocycles. The lowest BCUT2D eigenvalue weighted by Gasteiger charge is -2.16. The summed E-state index contributed by atoms with van der Waals surface area (Å²) in [7, 11) is 1.74. The highest BCUT2D eigenvalue weighted by molar-refractivity contribution is 5.92. The molecule has 20 heavy (non-hydrogen) atoms. The number of amides is 1. The lowest BCUT2D eigenvalue weighted by Crippen LogP contribution is -2.31. The van der Waals surface area contributed by atoms with Crippen LogP contribution in [0.25, 0.3) is 0 Å². The summed E-state index contributed by atoms with van der Waals surface area (Å²) >= 11 is 0. The molecule has 1 aromatic carbocycles. The van der Waals surface area contributed by atoms with Gasteiger partial charge < -0.3 is 14.1 Å². The third-order valence-electron chi connectivity index (χ3n) is 3.09. The summed E-state index contributed by atoms with van der Waals surface area (Å²) < 4.78 is 10.8. The van der Waals surface area contributed by atoms with E-state index >= 15 is 0 Å². The fraction of sp³-hybridized carbons (Fsp3) is 0.312. The van der Waals surface area contributed by atoms with Crippen molar-refractivity contribution in [3.05, 3.63) is 53.5 Å². The molecule has 1 heterocycles. The van der Waals surface area contributed by atoms with Crippen molar-refractivity contribution in [3.63, 3.8) is 0 Å². The van der Waals surface area contributed by atoms with Crippen LogP contribution in [0.4, 0.5) is 0 Å². The highest BCUT2D eigenvalue weighted by atomic mass is 16.5. The normalized spacial score (nSPS) is 10.3. The second-order valence-corrected chi connectivity index (χ2v) is 4.82. The number of nitrogens with zero attached hydrogens (tertiary/aromatic N) is 1. The Morgan fingerprint density at radius 2 is 2.10 bits per heavy atom. The maximum absolute atomic E-state index is 12.1. The van der Waals surface area contributed by atoms with Gasteiger partial charge in [-0.2, -0.15) is 0 Å². The summed E-state index contributed by atoms with van der Waals surface area (Å²) in [4.78, 5) is 13.7. The van der Waals surface area contributed by atoms with E-state index in [1.54, 1.807) is 18.0 Å². The number of furan rings is 1. The Balaban J connectivity index is 1.85. The minimum Gasteiger partial charge on any atom is -0.492 e. The van der Waals surface area contributed by atoms with Crippen molar-refractivity contribution in [3.8, 4) is 5.75 Å². The Morgan fingerprint density at radius 1 is 1.30 bits per heavy atom. The van der Waals surface area contributed by atoms with Crippen LogP contribution in [-0.2, 0) is 0 Å². The van der Waals surface area contributed by atoms with E-state index in [4.69, 9.17) is 9.15 Å². The van der Waals surface area contributed by atoms with Crippen LogP contribution < -0.4 is 4.74 Å². The average Bonchev–Trinajstić information content (AvgIpc) is 2.84. The SMILES string of the molecule is Cc1cccc(OCCN(C)C(=O)c2occc2C)c1. The number of carbonyl (C=O) groups is 1. The summed E-state index contributed by atoms with van der Waals surface area (Å²) in [6.45, 7) is 4.83. The van der Waals surface area contributed by atoms with Gasteiger partial charge in [-0.25, -0.2) is 0 Å². The van der Waals surface area contributed by atoms with E-state index < -0.39 is 0 Å². The molecule has 0 fully saturated rings. The Bertz CT molecular complexity index is 589. The second kappa shape index (κ2) is 6.28. The van der Waals surface area contributed by atoms with Gasteiger partial charge in [0.1, 0.15) is 12.4 Å². The molecule has 0 saturated carbocycles. The minimum absolute atomic E-state index is 0.125. The summed E-state index contributed by atoms with van der Waals surface area (Å²) in [5, 5.41) is 0. The summed E-state index contributed by atoms with van der Waals surface area (Å²) in [5.41, 5.74) is 2.00. The first kappa shape index (κ1) is 14.2. The predicted molar refractivity (Wildman–Crippen MR) is 77.1 cm³/mol. The van der Waals surface area contributed by atoms with Crippen molar-refractivity contribution < 1.29 is 13.9 Å². The lowest BCUT2D eigenvalue weighted by molar-refractivity contribution is 0.0741. The molecule has 0 N–H and O–H groups in total. The topological polar surface area (TPSA) is 42.7 Å². The Kier molecular flexibility index (Phi) is 4.45. The molecule has 0 spiro atoms. The molecule has 1 aromatic heterocycles. The third-order valence-corrected chi connectivity index (χ3v) is 3.09. The quantitative estimate of drug-likeness (QED) is 0.841. The molecule has 0 bridgehead atoms. The zero-order valence-corrected chi connectivity index (χ0v) is 12.1. The van der Waals surface area contributed by atoms with Gasteiger partial charge in [0.15, 0.2) is 5.76 Å². The Morgan fingerprint density at radius 3 is 2.75 bits per heavy atom. The van der Waals surface area contributed by atoms with Gasteiger partial charge in [-0.05, 0) is 37.6 Å². The van der Waals surface area contributed by atoms with E-state index in [9.17, 15) is 4.79 Å². The number of rotatable bonds is 5.